The molecule has 2 heterocycles. The van der Waals surface area contributed by atoms with Gasteiger partial charge in [-0.2, -0.15) is 26.3 Å². The van der Waals surface area contributed by atoms with E-state index < -0.39 is 53.6 Å². The van der Waals surface area contributed by atoms with E-state index in [4.69, 9.17) is 27.9 Å². The van der Waals surface area contributed by atoms with Gasteiger partial charge in [-0.1, -0.05) is 41.4 Å². The topological polar surface area (TPSA) is 47.6 Å². The standard InChI is InChI=1S/C22H17Cl2F6NO2S/c1-11-4-12(2-3-17(11)18-19(33-18)31-10-21(25,26)27)13-8-20(22(28,29)30,34(32)9-13)14-5-15(23)7-16(24)6-14/h2-7,9,18-19,31H,8,10H2,1H3. The zero-order valence-corrected chi connectivity index (χ0v) is 19.7. The quantitative estimate of drug-likeness (QED) is 0.256. The third-order valence-electron chi connectivity index (χ3n) is 5.76. The van der Waals surface area contributed by atoms with Crippen molar-refractivity contribution < 1.29 is 35.6 Å². The summed E-state index contributed by atoms with van der Waals surface area (Å²) in [5, 5.41) is 3.33. The van der Waals surface area contributed by atoms with Crippen LogP contribution in [0, 0.1) is 6.92 Å². The maximum atomic E-state index is 14.3. The van der Waals surface area contributed by atoms with Crippen molar-refractivity contribution >= 4 is 40.0 Å². The van der Waals surface area contributed by atoms with E-state index in [9.17, 15) is 30.9 Å². The first-order chi connectivity index (χ1) is 15.7. The normalized spacial score (nSPS) is 27.1. The van der Waals surface area contributed by atoms with Gasteiger partial charge in [-0.15, -0.1) is 0 Å². The summed E-state index contributed by atoms with van der Waals surface area (Å²) in [6, 6.07) is 8.27. The molecule has 3 nitrogen and oxygen atoms in total. The molecule has 0 spiro atoms. The SMILES string of the molecule is Cc1cc(C2=C[S+]([O-])C(c3cc(Cl)cc(Cl)c3)(C(F)(F)F)C2)ccc1C1OC1NCC(F)(F)F. The van der Waals surface area contributed by atoms with E-state index in [1.165, 1.54) is 6.07 Å². The van der Waals surface area contributed by atoms with Crippen LogP contribution in [0.5, 0.6) is 0 Å². The van der Waals surface area contributed by atoms with Crippen LogP contribution in [0.4, 0.5) is 26.3 Å². The summed E-state index contributed by atoms with van der Waals surface area (Å²) >= 11 is 9.40. The third kappa shape index (κ3) is 4.94. The van der Waals surface area contributed by atoms with Gasteiger partial charge >= 0.3 is 12.4 Å². The highest BCUT2D eigenvalue weighted by Gasteiger charge is 2.67. The van der Waals surface area contributed by atoms with E-state index >= 15 is 0 Å². The van der Waals surface area contributed by atoms with Crippen molar-refractivity contribution in [2.45, 2.75) is 42.8 Å². The van der Waals surface area contributed by atoms with Gasteiger partial charge in [-0.05, 0) is 53.0 Å². The van der Waals surface area contributed by atoms with Gasteiger partial charge in [-0.25, -0.2) is 0 Å². The van der Waals surface area contributed by atoms with Crippen LogP contribution >= 0.6 is 23.2 Å². The Balaban J connectivity index is 1.59. The Morgan fingerprint density at radius 1 is 1.09 bits per heavy atom. The summed E-state index contributed by atoms with van der Waals surface area (Å²) in [6.07, 6.45) is -11.2. The van der Waals surface area contributed by atoms with Crippen LogP contribution < -0.4 is 5.32 Å². The number of aryl methyl sites for hydroxylation is 1. The van der Waals surface area contributed by atoms with Crippen LogP contribution in [0.2, 0.25) is 10.0 Å². The Hall–Kier alpha value is -1.43. The van der Waals surface area contributed by atoms with Crippen LogP contribution in [-0.2, 0) is 20.7 Å². The van der Waals surface area contributed by atoms with Crippen molar-refractivity contribution in [2.24, 2.45) is 0 Å². The second-order valence-electron chi connectivity index (χ2n) is 8.14. The number of halogens is 8. The molecule has 2 aliphatic rings. The third-order valence-corrected chi connectivity index (χ3v) is 7.99. The summed E-state index contributed by atoms with van der Waals surface area (Å²) in [4.78, 5) is 0. The molecule has 2 aliphatic heterocycles. The summed E-state index contributed by atoms with van der Waals surface area (Å²) < 4.78 is 95.7. The predicted molar refractivity (Wildman–Crippen MR) is 118 cm³/mol. The number of epoxide rings is 1. The Kier molecular flexibility index (Phi) is 6.72. The minimum atomic E-state index is -4.86. The first-order valence-electron chi connectivity index (χ1n) is 9.92. The molecular formula is C22H17Cl2F6NO2S. The van der Waals surface area contributed by atoms with Crippen molar-refractivity contribution in [3.8, 4) is 0 Å². The molecule has 0 aromatic heterocycles. The number of rotatable bonds is 5. The number of allylic oxidation sites excluding steroid dienone is 1. The first-order valence-corrected chi connectivity index (χ1v) is 11.9. The van der Waals surface area contributed by atoms with E-state index in [0.717, 1.165) is 17.5 Å². The van der Waals surface area contributed by atoms with Gasteiger partial charge in [0.15, 0.2) is 0 Å². The minimum absolute atomic E-state index is 0.00473. The van der Waals surface area contributed by atoms with Crippen molar-refractivity contribution in [3.05, 3.63) is 74.1 Å². The molecule has 1 N–H and O–H groups in total. The lowest BCUT2D eigenvalue weighted by Crippen LogP contribution is -2.46. The average molecular weight is 544 g/mol. The maximum absolute atomic E-state index is 14.3. The highest BCUT2D eigenvalue weighted by molar-refractivity contribution is 7.95. The molecular weight excluding hydrogens is 527 g/mol. The molecule has 4 atom stereocenters. The van der Waals surface area contributed by atoms with Gasteiger partial charge in [-0.3, -0.25) is 5.32 Å². The number of ether oxygens (including phenoxy) is 1. The number of hydrogen-bond acceptors (Lipinski definition) is 3. The minimum Gasteiger partial charge on any atom is -0.611 e. The van der Waals surface area contributed by atoms with Gasteiger partial charge in [0.1, 0.15) is 17.7 Å². The van der Waals surface area contributed by atoms with E-state index in [2.05, 4.69) is 5.32 Å². The fourth-order valence-corrected chi connectivity index (χ4v) is 6.16. The van der Waals surface area contributed by atoms with Gasteiger partial charge < -0.3 is 9.29 Å². The lowest BCUT2D eigenvalue weighted by molar-refractivity contribution is -0.162. The second-order valence-corrected chi connectivity index (χ2v) is 10.5. The zero-order valence-electron chi connectivity index (χ0n) is 17.4. The lowest BCUT2D eigenvalue weighted by atomic mass is 9.87. The molecule has 2 aromatic rings. The summed E-state index contributed by atoms with van der Waals surface area (Å²) in [7, 11) is 0. The Morgan fingerprint density at radius 2 is 1.74 bits per heavy atom. The van der Waals surface area contributed by atoms with Crippen LogP contribution in [0.3, 0.4) is 0 Å². The smallest absolute Gasteiger partial charge is 0.444 e. The fourth-order valence-electron chi connectivity index (χ4n) is 4.08. The molecule has 0 bridgehead atoms. The number of nitrogens with one attached hydrogen (secondary N) is 1. The monoisotopic (exact) mass is 543 g/mol. The molecule has 2 aromatic carbocycles. The molecule has 0 amide bonds. The first kappa shape index (κ1) is 25.7. The molecule has 34 heavy (non-hydrogen) atoms. The second kappa shape index (κ2) is 8.90. The highest BCUT2D eigenvalue weighted by atomic mass is 35.5. The summed E-state index contributed by atoms with van der Waals surface area (Å²) in [5.41, 5.74) is 1.60. The maximum Gasteiger partial charge on any atom is 0.444 e. The van der Waals surface area contributed by atoms with Crippen LogP contribution in [0.1, 0.15) is 34.8 Å². The Morgan fingerprint density at radius 3 is 2.29 bits per heavy atom. The van der Waals surface area contributed by atoms with Crippen molar-refractivity contribution in [1.82, 2.24) is 5.32 Å². The van der Waals surface area contributed by atoms with E-state index in [1.807, 2.05) is 0 Å². The average Bonchev–Trinajstić information content (AvgIpc) is 3.37. The summed E-state index contributed by atoms with van der Waals surface area (Å²) in [6.45, 7) is 0.485. The molecule has 4 unspecified atom stereocenters. The number of alkyl halides is 6. The molecule has 1 fully saturated rings. The molecule has 0 radical (unpaired) electrons. The van der Waals surface area contributed by atoms with Crippen LogP contribution in [-0.4, -0.2) is 29.7 Å². The van der Waals surface area contributed by atoms with E-state index in [0.29, 0.717) is 16.7 Å². The molecule has 184 valence electrons. The predicted octanol–water partition coefficient (Wildman–Crippen LogP) is 6.80. The molecule has 12 heteroatoms. The molecule has 4 rings (SSSR count). The summed E-state index contributed by atoms with van der Waals surface area (Å²) in [5.74, 6) is 0. The van der Waals surface area contributed by atoms with Crippen molar-refractivity contribution in [2.75, 3.05) is 6.54 Å². The van der Waals surface area contributed by atoms with Gasteiger partial charge in [0.05, 0.1) is 6.54 Å². The fraction of sp³-hybridized carbons (Fsp3) is 0.364. The van der Waals surface area contributed by atoms with Crippen LogP contribution in [0.15, 0.2) is 41.8 Å². The largest absolute Gasteiger partial charge is 0.611 e. The highest BCUT2D eigenvalue weighted by Crippen LogP contribution is 2.56. The number of benzene rings is 2. The van der Waals surface area contributed by atoms with Crippen molar-refractivity contribution in [3.63, 3.8) is 0 Å². The van der Waals surface area contributed by atoms with E-state index in [1.54, 1.807) is 25.1 Å². The molecule has 0 saturated carbocycles. The zero-order chi connectivity index (χ0) is 25.1. The van der Waals surface area contributed by atoms with Crippen molar-refractivity contribution in [1.29, 1.82) is 0 Å². The van der Waals surface area contributed by atoms with Gasteiger partial charge in [0.2, 0.25) is 0 Å². The van der Waals surface area contributed by atoms with E-state index in [-0.39, 0.29) is 21.2 Å². The Bertz CT molecular complexity index is 1120. The Labute approximate surface area is 204 Å². The molecule has 1 saturated heterocycles. The number of hydrogen-bond donors (Lipinski definition) is 1. The van der Waals surface area contributed by atoms with Crippen LogP contribution in [0.25, 0.3) is 5.57 Å². The van der Waals surface area contributed by atoms with Gasteiger partial charge in [0, 0.05) is 27.6 Å². The van der Waals surface area contributed by atoms with Gasteiger partial charge in [0.25, 0.3) is 4.75 Å². The lowest BCUT2D eigenvalue weighted by Gasteiger charge is -2.32. The molecule has 0 aliphatic carbocycles.